The van der Waals surface area contributed by atoms with E-state index in [1.165, 1.54) is 18.2 Å². The molecule has 0 bridgehead atoms. The molecule has 0 saturated carbocycles. The lowest BCUT2D eigenvalue weighted by Gasteiger charge is -2.06. The molecule has 0 aliphatic rings. The molecule has 3 nitrogen and oxygen atoms in total. The minimum Gasteiger partial charge on any atom is -0.379 e. The van der Waals surface area contributed by atoms with E-state index in [0.717, 1.165) is 6.42 Å². The fourth-order valence-electron chi connectivity index (χ4n) is 1.26. The molecule has 0 unspecified atom stereocenters. The Morgan fingerprint density at radius 3 is 2.94 bits per heavy atom. The summed E-state index contributed by atoms with van der Waals surface area (Å²) < 4.78 is 18.2. The average molecular weight is 269 g/mol. The van der Waals surface area contributed by atoms with Crippen LogP contribution in [0, 0.1) is 5.82 Å². The first-order valence-electron chi connectivity index (χ1n) is 5.60. The number of amides is 1. The Labute approximate surface area is 111 Å². The van der Waals surface area contributed by atoms with Gasteiger partial charge >= 0.3 is 0 Å². The van der Waals surface area contributed by atoms with Gasteiger partial charge in [0.15, 0.2) is 0 Å². The molecule has 0 aliphatic carbocycles. The molecule has 98 valence electrons. The molecular weight excluding hydrogens is 253 g/mol. The van der Waals surface area contributed by atoms with Gasteiger partial charge < -0.3 is 10.1 Å². The molecule has 1 aromatic carbocycles. The maximum absolute atomic E-state index is 13.0. The molecule has 1 N–H and O–H groups in total. The van der Waals surface area contributed by atoms with Gasteiger partial charge in [-0.15, -0.1) is 19.2 Å². The number of hydrogen-bond acceptors (Lipinski definition) is 3. The molecule has 0 atom stereocenters. The van der Waals surface area contributed by atoms with Gasteiger partial charge in [0.25, 0.3) is 5.91 Å². The average Bonchev–Trinajstić information content (AvgIpc) is 2.36. The summed E-state index contributed by atoms with van der Waals surface area (Å²) in [6.07, 6.45) is 2.56. The van der Waals surface area contributed by atoms with Gasteiger partial charge in [0.1, 0.15) is 5.82 Å². The van der Waals surface area contributed by atoms with Crippen molar-refractivity contribution in [3.8, 4) is 0 Å². The Balaban J connectivity index is 2.32. The Morgan fingerprint density at radius 1 is 1.50 bits per heavy atom. The van der Waals surface area contributed by atoms with Crippen LogP contribution in [0.25, 0.3) is 0 Å². The van der Waals surface area contributed by atoms with Crippen LogP contribution in [0.15, 0.2) is 35.7 Å². The second kappa shape index (κ2) is 7.89. The third-order valence-corrected chi connectivity index (χ3v) is 2.55. The van der Waals surface area contributed by atoms with Crippen LogP contribution >= 0.6 is 12.6 Å². The normalized spacial score (nSPS) is 10.1. The van der Waals surface area contributed by atoms with E-state index in [4.69, 9.17) is 4.74 Å². The van der Waals surface area contributed by atoms with Crippen LogP contribution in [0.5, 0.6) is 0 Å². The van der Waals surface area contributed by atoms with E-state index in [1.54, 1.807) is 6.08 Å². The van der Waals surface area contributed by atoms with E-state index in [9.17, 15) is 9.18 Å². The van der Waals surface area contributed by atoms with Gasteiger partial charge in [0.2, 0.25) is 0 Å². The summed E-state index contributed by atoms with van der Waals surface area (Å²) >= 11 is 3.92. The molecule has 0 saturated heterocycles. The van der Waals surface area contributed by atoms with Crippen molar-refractivity contribution in [3.05, 3.63) is 42.2 Å². The van der Waals surface area contributed by atoms with Crippen molar-refractivity contribution in [1.29, 1.82) is 0 Å². The fraction of sp³-hybridized carbons (Fsp3) is 0.308. The first-order chi connectivity index (χ1) is 8.65. The molecule has 18 heavy (non-hydrogen) atoms. The van der Waals surface area contributed by atoms with Gasteiger partial charge in [-0.05, 0) is 24.6 Å². The van der Waals surface area contributed by atoms with Crippen LogP contribution in [0.2, 0.25) is 0 Å². The summed E-state index contributed by atoms with van der Waals surface area (Å²) in [5.74, 6) is -0.708. The summed E-state index contributed by atoms with van der Waals surface area (Å²) in [5, 5.41) is 2.68. The highest BCUT2D eigenvalue weighted by atomic mass is 32.1. The van der Waals surface area contributed by atoms with Gasteiger partial charge in [-0.2, -0.15) is 0 Å². The third kappa shape index (κ3) is 4.89. The van der Waals surface area contributed by atoms with Crippen LogP contribution in [-0.2, 0) is 4.74 Å². The highest BCUT2D eigenvalue weighted by Crippen LogP contribution is 2.13. The molecule has 1 rings (SSSR count). The minimum absolute atomic E-state index is 0.157. The molecule has 5 heteroatoms. The molecule has 0 fully saturated rings. The highest BCUT2D eigenvalue weighted by molar-refractivity contribution is 7.80. The Hall–Kier alpha value is -1.33. The van der Waals surface area contributed by atoms with Gasteiger partial charge in [-0.25, -0.2) is 4.39 Å². The van der Waals surface area contributed by atoms with E-state index < -0.39 is 5.82 Å². The minimum atomic E-state index is -0.442. The smallest absolute Gasteiger partial charge is 0.251 e. The molecule has 1 aromatic rings. The topological polar surface area (TPSA) is 38.3 Å². The van der Waals surface area contributed by atoms with Crippen molar-refractivity contribution in [1.82, 2.24) is 5.32 Å². The maximum atomic E-state index is 13.0. The van der Waals surface area contributed by atoms with Crippen molar-refractivity contribution in [3.63, 3.8) is 0 Å². The van der Waals surface area contributed by atoms with Crippen molar-refractivity contribution >= 4 is 18.5 Å². The molecular formula is C13H16FNO2S. The van der Waals surface area contributed by atoms with Crippen molar-refractivity contribution < 1.29 is 13.9 Å². The zero-order valence-electron chi connectivity index (χ0n) is 9.99. The first kappa shape index (κ1) is 14.7. The van der Waals surface area contributed by atoms with Crippen molar-refractivity contribution in [2.75, 3.05) is 19.8 Å². The van der Waals surface area contributed by atoms with Gasteiger partial charge in [0.05, 0.1) is 13.2 Å². The second-order valence-electron chi connectivity index (χ2n) is 3.61. The number of hydrogen-bond donors (Lipinski definition) is 2. The Kier molecular flexibility index (Phi) is 6.46. The predicted octanol–water partition coefficient (Wildman–Crippen LogP) is 2.44. The number of benzene rings is 1. The number of thiol groups is 1. The molecule has 0 aliphatic heterocycles. The first-order valence-corrected chi connectivity index (χ1v) is 6.05. The molecule has 0 spiro atoms. The van der Waals surface area contributed by atoms with E-state index in [1.807, 2.05) is 0 Å². The number of nitrogens with one attached hydrogen (secondary N) is 1. The lowest BCUT2D eigenvalue weighted by atomic mass is 10.2. The van der Waals surface area contributed by atoms with Crippen LogP contribution in [0.1, 0.15) is 16.8 Å². The number of carbonyl (C=O) groups excluding carboxylic acids is 1. The maximum Gasteiger partial charge on any atom is 0.251 e. The largest absolute Gasteiger partial charge is 0.379 e. The van der Waals surface area contributed by atoms with Crippen LogP contribution in [-0.4, -0.2) is 25.7 Å². The standard InChI is InChI=1S/C13H16FNO2S/c1-2-3-7-17-8-6-15-13(16)10-4-5-11(14)12(18)9-10/h2,4-5,9,18H,1,3,6-8H2,(H,15,16). The van der Waals surface area contributed by atoms with Gasteiger partial charge in [-0.3, -0.25) is 4.79 Å². The molecule has 1 amide bonds. The van der Waals surface area contributed by atoms with Crippen molar-refractivity contribution in [2.45, 2.75) is 11.3 Å². The number of carbonyl (C=O) groups is 1. The summed E-state index contributed by atoms with van der Waals surface area (Å²) in [6.45, 7) is 5.02. The summed E-state index contributed by atoms with van der Waals surface area (Å²) in [4.78, 5) is 11.8. The van der Waals surface area contributed by atoms with Crippen LogP contribution < -0.4 is 5.32 Å². The number of halogens is 1. The molecule has 0 aromatic heterocycles. The van der Waals surface area contributed by atoms with Gasteiger partial charge in [0, 0.05) is 17.0 Å². The number of rotatable bonds is 7. The molecule has 0 radical (unpaired) electrons. The SMILES string of the molecule is C=CCCOCCNC(=O)c1ccc(F)c(S)c1. The fourth-order valence-corrected chi connectivity index (χ4v) is 1.48. The monoisotopic (exact) mass is 269 g/mol. The van der Waals surface area contributed by atoms with E-state index in [2.05, 4.69) is 24.5 Å². The van der Waals surface area contributed by atoms with E-state index in [0.29, 0.717) is 25.3 Å². The summed E-state index contributed by atoms with van der Waals surface area (Å²) in [7, 11) is 0. The zero-order chi connectivity index (χ0) is 13.4. The van der Waals surface area contributed by atoms with E-state index in [-0.39, 0.29) is 10.8 Å². The van der Waals surface area contributed by atoms with Crippen LogP contribution in [0.4, 0.5) is 4.39 Å². The predicted molar refractivity (Wildman–Crippen MR) is 71.6 cm³/mol. The lowest BCUT2D eigenvalue weighted by molar-refractivity contribution is 0.0917. The summed E-state index contributed by atoms with van der Waals surface area (Å²) in [6, 6.07) is 4.03. The lowest BCUT2D eigenvalue weighted by Crippen LogP contribution is -2.27. The Bertz CT molecular complexity index is 423. The Morgan fingerprint density at radius 2 is 2.28 bits per heavy atom. The molecule has 0 heterocycles. The number of ether oxygens (including phenoxy) is 1. The van der Waals surface area contributed by atoms with E-state index >= 15 is 0 Å². The van der Waals surface area contributed by atoms with Crippen LogP contribution in [0.3, 0.4) is 0 Å². The second-order valence-corrected chi connectivity index (χ2v) is 4.09. The highest BCUT2D eigenvalue weighted by Gasteiger charge is 2.07. The zero-order valence-corrected chi connectivity index (χ0v) is 10.9. The third-order valence-electron chi connectivity index (χ3n) is 2.21. The van der Waals surface area contributed by atoms with Crippen molar-refractivity contribution in [2.24, 2.45) is 0 Å². The van der Waals surface area contributed by atoms with Gasteiger partial charge in [-0.1, -0.05) is 6.08 Å². The quantitative estimate of drug-likeness (QED) is 0.453. The summed E-state index contributed by atoms with van der Waals surface area (Å²) in [5.41, 5.74) is 0.382.